The Balaban J connectivity index is 2.46. The van der Waals surface area contributed by atoms with E-state index >= 15 is 0 Å². The van der Waals surface area contributed by atoms with Crippen molar-refractivity contribution in [3.63, 3.8) is 0 Å². The summed E-state index contributed by atoms with van der Waals surface area (Å²) in [7, 11) is 0. The first-order valence-corrected chi connectivity index (χ1v) is 8.01. The SMILES string of the molecule is CSCC[C@@H](N)C(=O)N1CCSC(C)(C)C1. The fraction of sp³-hybridized carbons (Fsp3) is 0.909. The van der Waals surface area contributed by atoms with Gasteiger partial charge in [-0.2, -0.15) is 23.5 Å². The molecule has 2 N–H and O–H groups in total. The molecule has 0 bridgehead atoms. The highest BCUT2D eigenvalue weighted by atomic mass is 32.2. The number of amides is 1. The minimum absolute atomic E-state index is 0.127. The lowest BCUT2D eigenvalue weighted by Crippen LogP contribution is -2.51. The number of nitrogens with two attached hydrogens (primary N) is 1. The normalized spacial score (nSPS) is 21.9. The molecule has 1 heterocycles. The Kier molecular flexibility index (Phi) is 5.47. The molecule has 1 saturated heterocycles. The first-order chi connectivity index (χ1) is 7.46. The molecule has 0 spiro atoms. The monoisotopic (exact) mass is 262 g/mol. The standard InChI is InChI=1S/C11H22N2OS2/c1-11(2)8-13(5-7-16-11)10(14)9(12)4-6-15-3/h9H,4-8,12H2,1-3H3/t9-/m1/s1. The molecule has 5 heteroatoms. The maximum atomic E-state index is 12.1. The van der Waals surface area contributed by atoms with Crippen molar-refractivity contribution in [2.75, 3.05) is 30.9 Å². The van der Waals surface area contributed by atoms with Gasteiger partial charge < -0.3 is 10.6 Å². The van der Waals surface area contributed by atoms with Crippen LogP contribution >= 0.6 is 23.5 Å². The summed E-state index contributed by atoms with van der Waals surface area (Å²) in [5, 5.41) is 0. The Labute approximate surface area is 107 Å². The van der Waals surface area contributed by atoms with Crippen LogP contribution in [0.15, 0.2) is 0 Å². The zero-order valence-electron chi connectivity index (χ0n) is 10.4. The molecule has 0 aromatic rings. The summed E-state index contributed by atoms with van der Waals surface area (Å²) in [6.07, 6.45) is 2.82. The van der Waals surface area contributed by atoms with Crippen LogP contribution in [-0.4, -0.2) is 52.4 Å². The van der Waals surface area contributed by atoms with Crippen LogP contribution in [0, 0.1) is 0 Å². The lowest BCUT2D eigenvalue weighted by Gasteiger charge is -2.38. The van der Waals surface area contributed by atoms with Crippen molar-refractivity contribution < 1.29 is 4.79 Å². The van der Waals surface area contributed by atoms with Gasteiger partial charge in [-0.1, -0.05) is 0 Å². The van der Waals surface area contributed by atoms with E-state index in [0.29, 0.717) is 0 Å². The molecular weight excluding hydrogens is 240 g/mol. The van der Waals surface area contributed by atoms with E-state index in [9.17, 15) is 4.79 Å². The van der Waals surface area contributed by atoms with Gasteiger partial charge in [-0.3, -0.25) is 4.79 Å². The van der Waals surface area contributed by atoms with Crippen molar-refractivity contribution >= 4 is 29.4 Å². The van der Waals surface area contributed by atoms with Crippen molar-refractivity contribution in [2.24, 2.45) is 5.73 Å². The van der Waals surface area contributed by atoms with Gasteiger partial charge in [-0.25, -0.2) is 0 Å². The van der Waals surface area contributed by atoms with E-state index in [4.69, 9.17) is 5.73 Å². The third-order valence-electron chi connectivity index (χ3n) is 2.69. The average molecular weight is 262 g/mol. The van der Waals surface area contributed by atoms with Gasteiger partial charge in [0.1, 0.15) is 0 Å². The average Bonchev–Trinajstić information content (AvgIpc) is 2.23. The van der Waals surface area contributed by atoms with E-state index in [-0.39, 0.29) is 16.7 Å². The molecule has 1 aliphatic heterocycles. The van der Waals surface area contributed by atoms with Gasteiger partial charge in [0.05, 0.1) is 6.04 Å². The minimum Gasteiger partial charge on any atom is -0.339 e. The van der Waals surface area contributed by atoms with E-state index < -0.39 is 0 Å². The number of hydrogen-bond donors (Lipinski definition) is 1. The topological polar surface area (TPSA) is 46.3 Å². The summed E-state index contributed by atoms with van der Waals surface area (Å²) in [5.74, 6) is 2.11. The first-order valence-electron chi connectivity index (χ1n) is 5.63. The van der Waals surface area contributed by atoms with Crippen LogP contribution in [0.1, 0.15) is 20.3 Å². The summed E-state index contributed by atoms with van der Waals surface area (Å²) >= 11 is 3.67. The van der Waals surface area contributed by atoms with Crippen molar-refractivity contribution in [3.05, 3.63) is 0 Å². The molecule has 1 amide bonds. The Hall–Kier alpha value is 0.130. The summed E-state index contributed by atoms with van der Waals surface area (Å²) < 4.78 is 0.174. The molecule has 0 aromatic heterocycles. The highest BCUT2D eigenvalue weighted by molar-refractivity contribution is 8.00. The number of nitrogens with zero attached hydrogens (tertiary/aromatic N) is 1. The fourth-order valence-electron chi connectivity index (χ4n) is 1.81. The number of hydrogen-bond acceptors (Lipinski definition) is 4. The Bertz CT molecular complexity index is 246. The van der Waals surface area contributed by atoms with E-state index in [1.165, 1.54) is 0 Å². The van der Waals surface area contributed by atoms with Crippen LogP contribution in [0.3, 0.4) is 0 Å². The van der Waals surface area contributed by atoms with Crippen molar-refractivity contribution in [1.29, 1.82) is 0 Å². The lowest BCUT2D eigenvalue weighted by molar-refractivity contribution is -0.132. The van der Waals surface area contributed by atoms with E-state index in [0.717, 1.165) is 31.0 Å². The molecule has 0 radical (unpaired) electrons. The molecule has 3 nitrogen and oxygen atoms in total. The molecule has 0 aliphatic carbocycles. The second kappa shape index (κ2) is 6.17. The van der Waals surface area contributed by atoms with Crippen LogP contribution in [0.4, 0.5) is 0 Å². The van der Waals surface area contributed by atoms with Gasteiger partial charge >= 0.3 is 0 Å². The van der Waals surface area contributed by atoms with E-state index in [1.54, 1.807) is 11.8 Å². The maximum absolute atomic E-state index is 12.1. The quantitative estimate of drug-likeness (QED) is 0.832. The van der Waals surface area contributed by atoms with Crippen molar-refractivity contribution in [3.8, 4) is 0 Å². The van der Waals surface area contributed by atoms with Gasteiger partial charge in [0.25, 0.3) is 0 Å². The number of rotatable bonds is 4. The summed E-state index contributed by atoms with van der Waals surface area (Å²) in [5.41, 5.74) is 5.91. The summed E-state index contributed by atoms with van der Waals surface area (Å²) in [6, 6.07) is -0.314. The third-order valence-corrected chi connectivity index (χ3v) is 4.63. The molecule has 1 aliphatic rings. The molecular formula is C11H22N2OS2. The fourth-order valence-corrected chi connectivity index (χ4v) is 3.41. The first kappa shape index (κ1) is 14.2. The highest BCUT2D eigenvalue weighted by Gasteiger charge is 2.31. The van der Waals surface area contributed by atoms with Crippen molar-refractivity contribution in [1.82, 2.24) is 4.90 Å². The Morgan fingerprint density at radius 3 is 2.88 bits per heavy atom. The minimum atomic E-state index is -0.314. The Morgan fingerprint density at radius 2 is 2.31 bits per heavy atom. The third kappa shape index (κ3) is 4.18. The lowest BCUT2D eigenvalue weighted by atomic mass is 10.1. The summed E-state index contributed by atoms with van der Waals surface area (Å²) in [4.78, 5) is 14.0. The summed E-state index contributed by atoms with van der Waals surface area (Å²) in [6.45, 7) is 6.04. The zero-order valence-corrected chi connectivity index (χ0v) is 12.0. The van der Waals surface area contributed by atoms with Crippen LogP contribution in [-0.2, 0) is 4.79 Å². The predicted octanol–water partition coefficient (Wildman–Crippen LogP) is 1.42. The molecule has 0 aromatic carbocycles. The smallest absolute Gasteiger partial charge is 0.239 e. The van der Waals surface area contributed by atoms with Gasteiger partial charge in [-0.05, 0) is 32.3 Å². The molecule has 1 fully saturated rings. The van der Waals surface area contributed by atoms with Gasteiger partial charge in [0, 0.05) is 23.6 Å². The number of carbonyl (C=O) groups is 1. The second-order valence-electron chi connectivity index (χ2n) is 4.76. The van der Waals surface area contributed by atoms with Gasteiger partial charge in [0.15, 0.2) is 0 Å². The molecule has 94 valence electrons. The molecule has 1 rings (SSSR count). The number of thioether (sulfide) groups is 2. The molecule has 0 saturated carbocycles. The van der Waals surface area contributed by atoms with Crippen LogP contribution in [0.5, 0.6) is 0 Å². The largest absolute Gasteiger partial charge is 0.339 e. The van der Waals surface area contributed by atoms with Crippen LogP contribution in [0.2, 0.25) is 0 Å². The molecule has 0 unspecified atom stereocenters. The van der Waals surface area contributed by atoms with Crippen molar-refractivity contribution in [2.45, 2.75) is 31.1 Å². The van der Waals surface area contributed by atoms with Gasteiger partial charge in [0.2, 0.25) is 5.91 Å². The molecule has 16 heavy (non-hydrogen) atoms. The zero-order chi connectivity index (χ0) is 12.2. The molecule has 1 atom stereocenters. The second-order valence-corrected chi connectivity index (χ2v) is 7.54. The van der Waals surface area contributed by atoms with Crippen LogP contribution in [0.25, 0.3) is 0 Å². The predicted molar refractivity (Wildman–Crippen MR) is 74.1 cm³/mol. The van der Waals surface area contributed by atoms with Gasteiger partial charge in [-0.15, -0.1) is 0 Å². The number of carbonyl (C=O) groups excluding carboxylic acids is 1. The van der Waals surface area contributed by atoms with Crippen LogP contribution < -0.4 is 5.73 Å². The van der Waals surface area contributed by atoms with E-state index in [2.05, 4.69) is 13.8 Å². The van der Waals surface area contributed by atoms with E-state index in [1.807, 2.05) is 22.9 Å². The highest BCUT2D eigenvalue weighted by Crippen LogP contribution is 2.29. The Morgan fingerprint density at radius 1 is 1.62 bits per heavy atom. The maximum Gasteiger partial charge on any atom is 0.239 e.